The van der Waals surface area contributed by atoms with E-state index in [0.717, 1.165) is 0 Å². The van der Waals surface area contributed by atoms with Gasteiger partial charge in [-0.3, -0.25) is 9.78 Å². The van der Waals surface area contributed by atoms with E-state index < -0.39 is 0 Å². The van der Waals surface area contributed by atoms with Crippen LogP contribution in [0.25, 0.3) is 0 Å². The molecule has 4 nitrogen and oxygen atoms in total. The second-order valence-corrected chi connectivity index (χ2v) is 4.22. The number of amides is 1. The predicted octanol–water partition coefficient (Wildman–Crippen LogP) is 2.08. The number of benzene rings is 1. The van der Waals surface area contributed by atoms with Crippen LogP contribution >= 0.6 is 0 Å². The Morgan fingerprint density at radius 2 is 2.11 bits per heavy atom. The molecule has 0 aliphatic carbocycles. The number of rotatable bonds is 3. The molecule has 0 saturated heterocycles. The van der Waals surface area contributed by atoms with E-state index >= 15 is 0 Å². The van der Waals surface area contributed by atoms with Crippen molar-refractivity contribution in [3.8, 4) is 0 Å². The first kappa shape index (κ1) is 13.0. The Bertz CT molecular complexity index is 601. The van der Waals surface area contributed by atoms with Crippen molar-refractivity contribution in [1.29, 1.82) is 0 Å². The highest BCUT2D eigenvalue weighted by Crippen LogP contribution is 2.14. The maximum atomic E-state index is 13.5. The van der Waals surface area contributed by atoms with E-state index in [0.29, 0.717) is 16.8 Å². The average molecular weight is 259 g/mol. The quantitative estimate of drug-likeness (QED) is 0.918. The van der Waals surface area contributed by atoms with Crippen molar-refractivity contribution in [3.05, 3.63) is 59.7 Å². The van der Waals surface area contributed by atoms with Gasteiger partial charge in [-0.1, -0.05) is 18.2 Å². The van der Waals surface area contributed by atoms with Gasteiger partial charge in [0.2, 0.25) is 0 Å². The second kappa shape index (κ2) is 5.48. The Morgan fingerprint density at radius 1 is 1.37 bits per heavy atom. The van der Waals surface area contributed by atoms with Crippen molar-refractivity contribution >= 4 is 11.6 Å². The van der Waals surface area contributed by atoms with Crippen LogP contribution < -0.4 is 5.73 Å². The normalized spacial score (nSPS) is 10.2. The molecule has 1 aromatic carbocycles. The predicted molar refractivity (Wildman–Crippen MR) is 70.8 cm³/mol. The third-order valence-corrected chi connectivity index (χ3v) is 2.79. The minimum absolute atomic E-state index is 0.188. The fraction of sp³-hybridized carbons (Fsp3) is 0.143. The Kier molecular flexibility index (Phi) is 3.75. The van der Waals surface area contributed by atoms with Gasteiger partial charge in [0.05, 0.1) is 17.4 Å². The first-order chi connectivity index (χ1) is 9.09. The zero-order chi connectivity index (χ0) is 13.8. The maximum Gasteiger partial charge on any atom is 0.256 e. The molecule has 0 unspecified atom stereocenters. The molecule has 0 atom stereocenters. The highest BCUT2D eigenvalue weighted by molar-refractivity contribution is 5.98. The van der Waals surface area contributed by atoms with Crippen LogP contribution in [0.1, 0.15) is 15.9 Å². The highest BCUT2D eigenvalue weighted by atomic mass is 19.1. The molecule has 2 aromatic rings. The van der Waals surface area contributed by atoms with Crippen molar-refractivity contribution in [3.63, 3.8) is 0 Å². The van der Waals surface area contributed by atoms with Crippen molar-refractivity contribution < 1.29 is 9.18 Å². The minimum Gasteiger partial charge on any atom is -0.397 e. The number of carbonyl (C=O) groups excluding carboxylic acids is 1. The summed E-state index contributed by atoms with van der Waals surface area (Å²) in [5.41, 5.74) is 6.84. The summed E-state index contributed by atoms with van der Waals surface area (Å²) in [6.07, 6.45) is 2.92. The highest BCUT2D eigenvalue weighted by Gasteiger charge is 2.15. The monoisotopic (exact) mass is 259 g/mol. The van der Waals surface area contributed by atoms with E-state index in [1.54, 1.807) is 31.3 Å². The summed E-state index contributed by atoms with van der Waals surface area (Å²) in [6, 6.07) is 7.91. The van der Waals surface area contributed by atoms with Gasteiger partial charge < -0.3 is 10.6 Å². The summed E-state index contributed by atoms with van der Waals surface area (Å²) in [4.78, 5) is 17.4. The zero-order valence-electron chi connectivity index (χ0n) is 10.5. The molecular weight excluding hydrogens is 245 g/mol. The van der Waals surface area contributed by atoms with E-state index in [1.807, 2.05) is 0 Å². The fourth-order valence-electron chi connectivity index (χ4n) is 1.76. The molecular formula is C14H14FN3O. The van der Waals surface area contributed by atoms with Crippen LogP contribution in [-0.2, 0) is 6.54 Å². The number of pyridine rings is 1. The maximum absolute atomic E-state index is 13.5. The van der Waals surface area contributed by atoms with Gasteiger partial charge in [0, 0.05) is 25.4 Å². The van der Waals surface area contributed by atoms with Crippen LogP contribution in [-0.4, -0.2) is 22.8 Å². The molecule has 0 aliphatic rings. The van der Waals surface area contributed by atoms with E-state index in [9.17, 15) is 9.18 Å². The molecule has 0 fully saturated rings. The van der Waals surface area contributed by atoms with Crippen LogP contribution in [0.15, 0.2) is 42.7 Å². The molecule has 1 aromatic heterocycles. The molecule has 2 N–H and O–H groups in total. The van der Waals surface area contributed by atoms with E-state index in [2.05, 4.69) is 4.98 Å². The number of hydrogen-bond donors (Lipinski definition) is 1. The third-order valence-electron chi connectivity index (χ3n) is 2.79. The third kappa shape index (κ3) is 2.88. The van der Waals surface area contributed by atoms with Crippen molar-refractivity contribution in [2.24, 2.45) is 0 Å². The molecule has 5 heteroatoms. The minimum atomic E-state index is -0.329. The summed E-state index contributed by atoms with van der Waals surface area (Å²) in [5.74, 6) is -0.590. The van der Waals surface area contributed by atoms with Crippen LogP contribution in [0.3, 0.4) is 0 Å². The second-order valence-electron chi connectivity index (χ2n) is 4.22. The van der Waals surface area contributed by atoms with Gasteiger partial charge in [-0.15, -0.1) is 0 Å². The standard InChI is InChI=1S/C14H14FN3O/c1-18(9-10-4-2-3-5-12(10)15)14(19)11-6-7-17-8-13(11)16/h2-8H,9,16H2,1H3. The molecule has 2 rings (SSSR count). The number of nitrogens with two attached hydrogens (primary N) is 1. The molecule has 98 valence electrons. The lowest BCUT2D eigenvalue weighted by Gasteiger charge is -2.18. The smallest absolute Gasteiger partial charge is 0.256 e. The molecule has 0 saturated carbocycles. The average Bonchev–Trinajstić information content (AvgIpc) is 2.41. The largest absolute Gasteiger partial charge is 0.397 e. The first-order valence-electron chi connectivity index (χ1n) is 5.78. The van der Waals surface area contributed by atoms with Crippen molar-refractivity contribution in [2.45, 2.75) is 6.54 Å². The summed E-state index contributed by atoms with van der Waals surface area (Å²) < 4.78 is 13.5. The van der Waals surface area contributed by atoms with Gasteiger partial charge in [-0.05, 0) is 12.1 Å². The van der Waals surface area contributed by atoms with Crippen LogP contribution in [0, 0.1) is 5.82 Å². The van der Waals surface area contributed by atoms with Crippen LogP contribution in [0.2, 0.25) is 0 Å². The van der Waals surface area contributed by atoms with E-state index in [4.69, 9.17) is 5.73 Å². The molecule has 1 heterocycles. The van der Waals surface area contributed by atoms with Gasteiger partial charge in [0.25, 0.3) is 5.91 Å². The number of halogens is 1. The lowest BCUT2D eigenvalue weighted by Crippen LogP contribution is -2.27. The Hall–Kier alpha value is -2.43. The number of hydrogen-bond acceptors (Lipinski definition) is 3. The molecule has 19 heavy (non-hydrogen) atoms. The molecule has 0 radical (unpaired) electrons. The Morgan fingerprint density at radius 3 is 2.79 bits per heavy atom. The lowest BCUT2D eigenvalue weighted by molar-refractivity contribution is 0.0785. The molecule has 1 amide bonds. The summed E-state index contributed by atoms with van der Waals surface area (Å²) in [6.45, 7) is 0.188. The van der Waals surface area contributed by atoms with Crippen LogP contribution in [0.4, 0.5) is 10.1 Å². The van der Waals surface area contributed by atoms with Crippen LogP contribution in [0.5, 0.6) is 0 Å². The summed E-state index contributed by atoms with van der Waals surface area (Å²) in [7, 11) is 1.61. The van der Waals surface area contributed by atoms with Gasteiger partial charge in [-0.25, -0.2) is 4.39 Å². The van der Waals surface area contributed by atoms with E-state index in [1.165, 1.54) is 23.4 Å². The number of carbonyl (C=O) groups is 1. The lowest BCUT2D eigenvalue weighted by atomic mass is 10.1. The first-order valence-corrected chi connectivity index (χ1v) is 5.78. The Balaban J connectivity index is 2.17. The number of nitrogen functional groups attached to an aromatic ring is 1. The van der Waals surface area contributed by atoms with Gasteiger partial charge in [0.1, 0.15) is 5.82 Å². The topological polar surface area (TPSA) is 59.2 Å². The molecule has 0 bridgehead atoms. The fourth-order valence-corrected chi connectivity index (χ4v) is 1.76. The van der Waals surface area contributed by atoms with E-state index in [-0.39, 0.29) is 18.3 Å². The zero-order valence-corrected chi connectivity index (χ0v) is 10.5. The summed E-state index contributed by atoms with van der Waals surface area (Å²) in [5, 5.41) is 0. The molecule has 0 aliphatic heterocycles. The molecule has 0 spiro atoms. The number of nitrogens with zero attached hydrogens (tertiary/aromatic N) is 2. The van der Waals surface area contributed by atoms with Gasteiger partial charge in [0.15, 0.2) is 0 Å². The van der Waals surface area contributed by atoms with Crippen molar-refractivity contribution in [2.75, 3.05) is 12.8 Å². The van der Waals surface area contributed by atoms with Crippen molar-refractivity contribution in [1.82, 2.24) is 9.88 Å². The number of anilines is 1. The Labute approximate surface area is 110 Å². The summed E-state index contributed by atoms with van der Waals surface area (Å²) >= 11 is 0. The van der Waals surface area contributed by atoms with Gasteiger partial charge >= 0.3 is 0 Å². The number of aromatic nitrogens is 1. The SMILES string of the molecule is CN(Cc1ccccc1F)C(=O)c1ccncc1N. The van der Waals surface area contributed by atoms with Gasteiger partial charge in [-0.2, -0.15) is 0 Å².